The standard InChI is InChI=1S/C10H6F2INO3/c1-16-9(15)5-2-3-7(17-10(11)12)6(4-14)8(5)13/h2-3,10H,1H3. The number of nitriles is 1. The summed E-state index contributed by atoms with van der Waals surface area (Å²) >= 11 is 1.70. The van der Waals surface area contributed by atoms with Gasteiger partial charge >= 0.3 is 12.6 Å². The third-order valence-corrected chi connectivity index (χ3v) is 2.96. The van der Waals surface area contributed by atoms with Crippen molar-refractivity contribution in [3.63, 3.8) is 0 Å². The van der Waals surface area contributed by atoms with E-state index in [4.69, 9.17) is 5.26 Å². The molecule has 0 aromatic heterocycles. The number of benzene rings is 1. The number of hydrogen-bond donors (Lipinski definition) is 0. The maximum Gasteiger partial charge on any atom is 0.387 e. The van der Waals surface area contributed by atoms with Crippen LogP contribution in [0.2, 0.25) is 0 Å². The Morgan fingerprint density at radius 3 is 2.65 bits per heavy atom. The van der Waals surface area contributed by atoms with E-state index < -0.39 is 12.6 Å². The van der Waals surface area contributed by atoms with Gasteiger partial charge in [-0.2, -0.15) is 14.0 Å². The predicted molar refractivity (Wildman–Crippen MR) is 61.8 cm³/mol. The Morgan fingerprint density at radius 1 is 1.53 bits per heavy atom. The van der Waals surface area contributed by atoms with Crippen LogP contribution < -0.4 is 4.74 Å². The van der Waals surface area contributed by atoms with Crippen LogP contribution in [0, 0.1) is 14.9 Å². The molecule has 7 heteroatoms. The number of carbonyl (C=O) groups is 1. The van der Waals surface area contributed by atoms with E-state index in [1.807, 2.05) is 0 Å². The zero-order valence-corrected chi connectivity index (χ0v) is 10.7. The Balaban J connectivity index is 3.28. The highest BCUT2D eigenvalue weighted by Crippen LogP contribution is 2.28. The van der Waals surface area contributed by atoms with Gasteiger partial charge in [-0.25, -0.2) is 4.79 Å². The molecule has 1 aromatic rings. The SMILES string of the molecule is COC(=O)c1ccc(OC(F)F)c(C#N)c1I. The first-order chi connectivity index (χ1) is 8.01. The first-order valence-corrected chi connectivity index (χ1v) is 5.34. The summed E-state index contributed by atoms with van der Waals surface area (Å²) in [5.41, 5.74) is 0.0140. The summed E-state index contributed by atoms with van der Waals surface area (Å²) in [6.45, 7) is -3.03. The monoisotopic (exact) mass is 353 g/mol. The largest absolute Gasteiger partial charge is 0.465 e. The Morgan fingerprint density at radius 2 is 2.18 bits per heavy atom. The molecule has 0 unspecified atom stereocenters. The summed E-state index contributed by atoms with van der Waals surface area (Å²) < 4.78 is 33.0. The number of ether oxygens (including phenoxy) is 2. The first kappa shape index (κ1) is 13.6. The van der Waals surface area contributed by atoms with Gasteiger partial charge in [-0.15, -0.1) is 0 Å². The van der Waals surface area contributed by atoms with Gasteiger partial charge in [0, 0.05) is 3.57 Å². The molecule has 0 spiro atoms. The molecule has 0 amide bonds. The summed E-state index contributed by atoms with van der Waals surface area (Å²) in [5, 5.41) is 8.86. The predicted octanol–water partition coefficient (Wildman–Crippen LogP) is 2.55. The van der Waals surface area contributed by atoms with Crippen LogP contribution in [0.5, 0.6) is 5.75 Å². The van der Waals surface area contributed by atoms with Crippen LogP contribution in [-0.4, -0.2) is 19.7 Å². The van der Waals surface area contributed by atoms with Crippen molar-refractivity contribution < 1.29 is 23.0 Å². The van der Waals surface area contributed by atoms with Crippen molar-refractivity contribution in [2.24, 2.45) is 0 Å². The third kappa shape index (κ3) is 3.03. The maximum atomic E-state index is 12.1. The molecule has 4 nitrogen and oxygen atoms in total. The highest BCUT2D eigenvalue weighted by Gasteiger charge is 2.19. The van der Waals surface area contributed by atoms with Crippen molar-refractivity contribution in [1.29, 1.82) is 5.26 Å². The lowest BCUT2D eigenvalue weighted by Crippen LogP contribution is -2.09. The van der Waals surface area contributed by atoms with Gasteiger partial charge in [-0.3, -0.25) is 0 Å². The lowest BCUT2D eigenvalue weighted by atomic mass is 10.1. The minimum atomic E-state index is -3.03. The van der Waals surface area contributed by atoms with Crippen LogP contribution in [-0.2, 0) is 4.74 Å². The fourth-order valence-corrected chi connectivity index (χ4v) is 1.91. The third-order valence-electron chi connectivity index (χ3n) is 1.84. The van der Waals surface area contributed by atoms with Gasteiger partial charge in [-0.05, 0) is 34.7 Å². The van der Waals surface area contributed by atoms with Gasteiger partial charge < -0.3 is 9.47 Å². The molecule has 0 heterocycles. The number of esters is 1. The highest BCUT2D eigenvalue weighted by molar-refractivity contribution is 14.1. The van der Waals surface area contributed by atoms with E-state index >= 15 is 0 Å². The van der Waals surface area contributed by atoms with Gasteiger partial charge in [0.05, 0.1) is 12.7 Å². The lowest BCUT2D eigenvalue weighted by Gasteiger charge is -2.10. The van der Waals surface area contributed by atoms with Crippen LogP contribution >= 0.6 is 22.6 Å². The smallest absolute Gasteiger partial charge is 0.387 e. The molecule has 17 heavy (non-hydrogen) atoms. The molecule has 0 aliphatic heterocycles. The zero-order chi connectivity index (χ0) is 13.0. The molecule has 1 rings (SSSR count). The van der Waals surface area contributed by atoms with Crippen LogP contribution in [0.25, 0.3) is 0 Å². The summed E-state index contributed by atoms with van der Waals surface area (Å²) in [4.78, 5) is 11.3. The number of rotatable bonds is 3. The molecule has 0 fully saturated rings. The van der Waals surface area contributed by atoms with Crippen LogP contribution in [0.4, 0.5) is 8.78 Å². The molecule has 0 aliphatic carbocycles. The van der Waals surface area contributed by atoms with E-state index in [-0.39, 0.29) is 20.4 Å². The van der Waals surface area contributed by atoms with Crippen LogP contribution in [0.3, 0.4) is 0 Å². The zero-order valence-electron chi connectivity index (χ0n) is 8.54. The van der Waals surface area contributed by atoms with Crippen molar-refractivity contribution in [2.45, 2.75) is 6.61 Å². The van der Waals surface area contributed by atoms with E-state index in [1.165, 1.54) is 13.2 Å². The van der Waals surface area contributed by atoms with Crippen LogP contribution in [0.1, 0.15) is 15.9 Å². The molecule has 0 saturated carbocycles. The van der Waals surface area contributed by atoms with Gasteiger partial charge in [0.25, 0.3) is 0 Å². The second-order valence-electron chi connectivity index (χ2n) is 2.78. The summed E-state index contributed by atoms with van der Waals surface area (Å²) in [6.07, 6.45) is 0. The molecule has 1 aromatic carbocycles. The molecule has 0 atom stereocenters. The second kappa shape index (κ2) is 5.77. The fourth-order valence-electron chi connectivity index (χ4n) is 1.12. The van der Waals surface area contributed by atoms with Gasteiger partial charge in [0.1, 0.15) is 17.4 Å². The number of nitrogens with zero attached hydrogens (tertiary/aromatic N) is 1. The number of halogens is 3. The number of methoxy groups -OCH3 is 1. The molecule has 0 N–H and O–H groups in total. The van der Waals surface area contributed by atoms with Gasteiger partial charge in [-0.1, -0.05) is 0 Å². The van der Waals surface area contributed by atoms with E-state index in [2.05, 4.69) is 9.47 Å². The van der Waals surface area contributed by atoms with Gasteiger partial charge in [0.2, 0.25) is 0 Å². The normalized spacial score (nSPS) is 9.88. The highest BCUT2D eigenvalue weighted by atomic mass is 127. The van der Waals surface area contributed by atoms with E-state index in [1.54, 1.807) is 28.7 Å². The summed E-state index contributed by atoms with van der Waals surface area (Å²) in [5.74, 6) is -0.908. The second-order valence-corrected chi connectivity index (χ2v) is 3.86. The average Bonchev–Trinajstić information content (AvgIpc) is 2.28. The molecule has 0 radical (unpaired) electrons. The number of carbonyl (C=O) groups excluding carboxylic acids is 1. The fraction of sp³-hybridized carbons (Fsp3) is 0.200. The lowest BCUT2D eigenvalue weighted by molar-refractivity contribution is -0.0500. The van der Waals surface area contributed by atoms with Crippen molar-refractivity contribution in [3.05, 3.63) is 26.8 Å². The Bertz CT molecular complexity index is 485. The van der Waals surface area contributed by atoms with Crippen molar-refractivity contribution >= 4 is 28.6 Å². The van der Waals surface area contributed by atoms with E-state index in [0.29, 0.717) is 0 Å². The number of alkyl halides is 2. The molecule has 90 valence electrons. The Hall–Kier alpha value is -1.43. The molecule has 0 aliphatic rings. The maximum absolute atomic E-state index is 12.1. The molecular weight excluding hydrogens is 347 g/mol. The average molecular weight is 353 g/mol. The minimum Gasteiger partial charge on any atom is -0.465 e. The topological polar surface area (TPSA) is 59.3 Å². The van der Waals surface area contributed by atoms with Crippen molar-refractivity contribution in [2.75, 3.05) is 7.11 Å². The molecule has 0 bridgehead atoms. The van der Waals surface area contributed by atoms with Crippen molar-refractivity contribution in [3.8, 4) is 11.8 Å². The van der Waals surface area contributed by atoms with Crippen molar-refractivity contribution in [1.82, 2.24) is 0 Å². The molecular formula is C10H6F2INO3. The Labute approximate surface area is 109 Å². The van der Waals surface area contributed by atoms with Gasteiger partial charge in [0.15, 0.2) is 0 Å². The van der Waals surface area contributed by atoms with E-state index in [0.717, 1.165) is 6.07 Å². The quantitative estimate of drug-likeness (QED) is 0.619. The van der Waals surface area contributed by atoms with Crippen LogP contribution in [0.15, 0.2) is 12.1 Å². The Kier molecular flexibility index (Phi) is 4.62. The first-order valence-electron chi connectivity index (χ1n) is 4.27. The summed E-state index contributed by atoms with van der Waals surface area (Å²) in [6, 6.07) is 4.12. The van der Waals surface area contributed by atoms with E-state index in [9.17, 15) is 13.6 Å². The minimum absolute atomic E-state index is 0.117. The molecule has 0 saturated heterocycles. The summed E-state index contributed by atoms with van der Waals surface area (Å²) in [7, 11) is 1.19. The number of hydrogen-bond acceptors (Lipinski definition) is 4.